The fourth-order valence-electron chi connectivity index (χ4n) is 3.71. The van der Waals surface area contributed by atoms with Crippen LogP contribution in [-0.2, 0) is 6.42 Å². The minimum atomic E-state index is 0.431. The first-order valence-corrected chi connectivity index (χ1v) is 7.61. The number of hydrogen-bond donors (Lipinski definition) is 1. The topological polar surface area (TPSA) is 25.2 Å². The molecule has 1 N–H and O–H groups in total. The van der Waals surface area contributed by atoms with Gasteiger partial charge in [-0.3, -0.25) is 0 Å². The van der Waals surface area contributed by atoms with Gasteiger partial charge in [-0.2, -0.15) is 0 Å². The molecule has 0 bridgehead atoms. The van der Waals surface area contributed by atoms with Crippen molar-refractivity contribution in [2.75, 3.05) is 13.6 Å². The van der Waals surface area contributed by atoms with E-state index < -0.39 is 0 Å². The van der Waals surface area contributed by atoms with E-state index in [9.17, 15) is 0 Å². The zero-order chi connectivity index (χ0) is 13.9. The second-order valence-electron chi connectivity index (χ2n) is 7.48. The van der Waals surface area contributed by atoms with Gasteiger partial charge in [0.05, 0.1) is 12.5 Å². The summed E-state index contributed by atoms with van der Waals surface area (Å²) in [6.45, 7) is 8.28. The lowest BCUT2D eigenvalue weighted by Gasteiger charge is -2.44. The summed E-state index contributed by atoms with van der Waals surface area (Å²) in [6.07, 6.45) is 10.3. The van der Waals surface area contributed by atoms with Gasteiger partial charge in [0.15, 0.2) is 0 Å². The zero-order valence-corrected chi connectivity index (χ0v) is 13.0. The van der Waals surface area contributed by atoms with Crippen molar-refractivity contribution in [3.63, 3.8) is 0 Å². The fraction of sp³-hybridized carbons (Fsp3) is 0.765. The van der Waals surface area contributed by atoms with Crippen molar-refractivity contribution in [1.82, 2.24) is 5.32 Å². The van der Waals surface area contributed by atoms with Gasteiger partial charge in [0.2, 0.25) is 0 Å². The Morgan fingerprint density at radius 3 is 2.47 bits per heavy atom. The van der Waals surface area contributed by atoms with Crippen molar-refractivity contribution in [3.05, 3.63) is 24.2 Å². The van der Waals surface area contributed by atoms with Gasteiger partial charge < -0.3 is 9.73 Å². The summed E-state index contributed by atoms with van der Waals surface area (Å²) in [5.74, 6) is 0.877. The molecular weight excluding hydrogens is 234 g/mol. The molecule has 1 saturated carbocycles. The number of nitrogens with one attached hydrogen (secondary N) is 1. The van der Waals surface area contributed by atoms with Gasteiger partial charge in [0, 0.05) is 6.54 Å². The highest BCUT2D eigenvalue weighted by Crippen LogP contribution is 2.46. The summed E-state index contributed by atoms with van der Waals surface area (Å²) in [6, 6.07) is 2.12. The molecule has 0 saturated heterocycles. The third-order valence-corrected chi connectivity index (χ3v) is 4.98. The standard InChI is InChI=1S/C17H29NO/c1-16(2,3)15-5-8-17(9-6-15,13-18-4)11-14-7-10-19-12-14/h7,10,12,15,18H,5-6,8-9,11,13H2,1-4H3. The average Bonchev–Trinajstić information content (AvgIpc) is 2.81. The molecular formula is C17H29NO. The Bertz CT molecular complexity index is 366. The Morgan fingerprint density at radius 1 is 1.32 bits per heavy atom. The molecule has 0 aromatic carbocycles. The van der Waals surface area contributed by atoms with Crippen LogP contribution in [0.25, 0.3) is 0 Å². The highest BCUT2D eigenvalue weighted by Gasteiger charge is 2.38. The Hall–Kier alpha value is -0.760. The van der Waals surface area contributed by atoms with Crippen LogP contribution in [0.1, 0.15) is 52.0 Å². The molecule has 1 aromatic rings. The minimum absolute atomic E-state index is 0.431. The molecule has 19 heavy (non-hydrogen) atoms. The molecule has 0 radical (unpaired) electrons. The van der Waals surface area contributed by atoms with Crippen LogP contribution in [0.3, 0.4) is 0 Å². The molecule has 108 valence electrons. The van der Waals surface area contributed by atoms with Crippen LogP contribution in [0.2, 0.25) is 0 Å². The van der Waals surface area contributed by atoms with Crippen LogP contribution in [-0.4, -0.2) is 13.6 Å². The Labute approximate surface area is 118 Å². The van der Waals surface area contributed by atoms with E-state index in [4.69, 9.17) is 4.42 Å². The number of rotatable bonds is 4. The van der Waals surface area contributed by atoms with Crippen LogP contribution in [0.5, 0.6) is 0 Å². The smallest absolute Gasteiger partial charge is 0.0934 e. The quantitative estimate of drug-likeness (QED) is 0.878. The van der Waals surface area contributed by atoms with Gasteiger partial charge in [-0.25, -0.2) is 0 Å². The van der Waals surface area contributed by atoms with Crippen LogP contribution in [0.15, 0.2) is 23.0 Å². The van der Waals surface area contributed by atoms with Gasteiger partial charge in [-0.1, -0.05) is 20.8 Å². The third-order valence-electron chi connectivity index (χ3n) is 4.98. The van der Waals surface area contributed by atoms with Gasteiger partial charge in [-0.05, 0) is 67.5 Å². The normalized spacial score (nSPS) is 28.5. The molecule has 1 aromatic heterocycles. The molecule has 0 unspecified atom stereocenters. The lowest BCUT2D eigenvalue weighted by molar-refractivity contribution is 0.0875. The van der Waals surface area contributed by atoms with Crippen molar-refractivity contribution in [2.24, 2.45) is 16.7 Å². The second-order valence-corrected chi connectivity index (χ2v) is 7.48. The van der Waals surface area contributed by atoms with E-state index >= 15 is 0 Å². The maximum atomic E-state index is 5.23. The van der Waals surface area contributed by atoms with Gasteiger partial charge in [0.25, 0.3) is 0 Å². The minimum Gasteiger partial charge on any atom is -0.472 e. The van der Waals surface area contributed by atoms with Crippen LogP contribution in [0, 0.1) is 16.7 Å². The lowest BCUT2D eigenvalue weighted by atomic mass is 9.62. The van der Waals surface area contributed by atoms with Crippen LogP contribution >= 0.6 is 0 Å². The summed E-state index contributed by atoms with van der Waals surface area (Å²) >= 11 is 0. The molecule has 0 amide bonds. The maximum Gasteiger partial charge on any atom is 0.0934 e. The monoisotopic (exact) mass is 263 g/mol. The Morgan fingerprint density at radius 2 is 2.00 bits per heavy atom. The molecule has 0 spiro atoms. The highest BCUT2D eigenvalue weighted by molar-refractivity contribution is 5.10. The number of hydrogen-bond acceptors (Lipinski definition) is 2. The SMILES string of the molecule is CNCC1(Cc2ccoc2)CCC(C(C)(C)C)CC1. The summed E-state index contributed by atoms with van der Waals surface area (Å²) in [7, 11) is 2.08. The Balaban J connectivity index is 2.02. The molecule has 0 aliphatic heterocycles. The van der Waals surface area contributed by atoms with Gasteiger partial charge in [-0.15, -0.1) is 0 Å². The van der Waals surface area contributed by atoms with Gasteiger partial charge >= 0.3 is 0 Å². The van der Waals surface area contributed by atoms with E-state index in [1.807, 2.05) is 6.26 Å². The molecule has 2 nitrogen and oxygen atoms in total. The molecule has 1 heterocycles. The number of furan rings is 1. The predicted octanol–water partition coefficient (Wildman–Crippen LogP) is 4.26. The zero-order valence-electron chi connectivity index (χ0n) is 13.0. The molecule has 2 heteroatoms. The molecule has 0 atom stereocenters. The molecule has 1 fully saturated rings. The molecule has 2 rings (SSSR count). The maximum absolute atomic E-state index is 5.23. The largest absolute Gasteiger partial charge is 0.472 e. The van der Waals surface area contributed by atoms with E-state index in [-0.39, 0.29) is 0 Å². The summed E-state index contributed by atoms with van der Waals surface area (Å²) < 4.78 is 5.23. The second kappa shape index (κ2) is 5.70. The van der Waals surface area contributed by atoms with Crippen molar-refractivity contribution < 1.29 is 4.42 Å². The first-order valence-electron chi connectivity index (χ1n) is 7.61. The summed E-state index contributed by atoms with van der Waals surface area (Å²) in [5, 5.41) is 3.41. The predicted molar refractivity (Wildman–Crippen MR) is 80.2 cm³/mol. The van der Waals surface area contributed by atoms with Crippen molar-refractivity contribution in [3.8, 4) is 0 Å². The van der Waals surface area contributed by atoms with Crippen molar-refractivity contribution in [2.45, 2.75) is 52.9 Å². The van der Waals surface area contributed by atoms with Crippen LogP contribution < -0.4 is 5.32 Å². The third kappa shape index (κ3) is 3.62. The average molecular weight is 263 g/mol. The Kier molecular flexibility index (Phi) is 4.39. The first kappa shape index (κ1) is 14.6. The molecule has 1 aliphatic carbocycles. The highest BCUT2D eigenvalue weighted by atomic mass is 16.3. The van der Waals surface area contributed by atoms with Crippen molar-refractivity contribution >= 4 is 0 Å². The van der Waals surface area contributed by atoms with E-state index in [1.165, 1.54) is 31.2 Å². The van der Waals surface area contributed by atoms with E-state index in [1.54, 1.807) is 6.26 Å². The first-order chi connectivity index (χ1) is 8.95. The summed E-state index contributed by atoms with van der Waals surface area (Å²) in [4.78, 5) is 0. The summed E-state index contributed by atoms with van der Waals surface area (Å²) in [5.41, 5.74) is 2.24. The van der Waals surface area contributed by atoms with Crippen LogP contribution in [0.4, 0.5) is 0 Å². The van der Waals surface area contributed by atoms with Crippen molar-refractivity contribution in [1.29, 1.82) is 0 Å². The van der Waals surface area contributed by atoms with Gasteiger partial charge in [0.1, 0.15) is 0 Å². The molecule has 1 aliphatic rings. The van der Waals surface area contributed by atoms with E-state index in [2.05, 4.69) is 39.2 Å². The fourth-order valence-corrected chi connectivity index (χ4v) is 3.71. The van der Waals surface area contributed by atoms with E-state index in [0.29, 0.717) is 10.8 Å². The van der Waals surface area contributed by atoms with E-state index in [0.717, 1.165) is 18.9 Å². The lowest BCUT2D eigenvalue weighted by Crippen LogP contribution is -2.40.